The highest BCUT2D eigenvalue weighted by atomic mass is 32.2. The van der Waals surface area contributed by atoms with E-state index in [1.54, 1.807) is 29.1 Å². The number of fused-ring (bicyclic) bond motifs is 2. The lowest BCUT2D eigenvalue weighted by atomic mass is 10.1. The molecule has 0 saturated carbocycles. The van der Waals surface area contributed by atoms with Gasteiger partial charge in [-0.1, -0.05) is 36.0 Å². The molecule has 0 radical (unpaired) electrons. The van der Waals surface area contributed by atoms with Crippen LogP contribution < -0.4 is 5.56 Å². The maximum Gasteiger partial charge on any atom is 0.263 e. The molecule has 0 saturated heterocycles. The fourth-order valence-electron chi connectivity index (χ4n) is 3.31. The zero-order valence-corrected chi connectivity index (χ0v) is 17.8. The molecule has 4 aromatic heterocycles. The predicted octanol–water partition coefficient (Wildman–Crippen LogP) is 5.18. The summed E-state index contributed by atoms with van der Waals surface area (Å²) in [4.78, 5) is 35.3. The zero-order valence-electron chi connectivity index (χ0n) is 15.3. The summed E-state index contributed by atoms with van der Waals surface area (Å²) in [7, 11) is 1.71. The second-order valence-electron chi connectivity index (χ2n) is 6.53. The van der Waals surface area contributed by atoms with Crippen molar-refractivity contribution in [3.05, 3.63) is 69.3 Å². The van der Waals surface area contributed by atoms with Crippen LogP contribution in [0.4, 0.5) is 0 Å². The van der Waals surface area contributed by atoms with E-state index in [0.29, 0.717) is 20.9 Å². The first-order valence-electron chi connectivity index (χ1n) is 8.87. The number of hydrogen-bond donors (Lipinski definition) is 1. The first-order valence-corrected chi connectivity index (χ1v) is 11.6. The van der Waals surface area contributed by atoms with Crippen LogP contribution in [-0.4, -0.2) is 26.1 Å². The molecule has 1 N–H and O–H groups in total. The van der Waals surface area contributed by atoms with Gasteiger partial charge in [-0.2, -0.15) is 0 Å². The number of para-hydroxylation sites is 1. The number of carbonyl (C=O) groups excluding carboxylic acids is 1. The van der Waals surface area contributed by atoms with E-state index in [9.17, 15) is 9.59 Å². The number of nitrogens with zero attached hydrogens (tertiary/aromatic N) is 2. The summed E-state index contributed by atoms with van der Waals surface area (Å²) >= 11 is 4.36. The van der Waals surface area contributed by atoms with E-state index >= 15 is 0 Å². The van der Waals surface area contributed by atoms with Crippen molar-refractivity contribution in [3.63, 3.8) is 0 Å². The van der Waals surface area contributed by atoms with E-state index in [0.717, 1.165) is 21.3 Å². The molecule has 0 fully saturated rings. The number of hydrogen-bond acceptors (Lipinski definition) is 6. The van der Waals surface area contributed by atoms with Crippen molar-refractivity contribution >= 4 is 61.3 Å². The van der Waals surface area contributed by atoms with Crippen molar-refractivity contribution in [2.45, 2.75) is 5.16 Å². The molecular weight excluding hydrogens is 422 g/mol. The lowest BCUT2D eigenvalue weighted by Gasteiger charge is -2.07. The van der Waals surface area contributed by atoms with Crippen LogP contribution in [-0.2, 0) is 7.05 Å². The third-order valence-corrected chi connectivity index (χ3v) is 7.59. The number of aromatic nitrogens is 3. The molecule has 1 aromatic carbocycles. The summed E-state index contributed by atoms with van der Waals surface area (Å²) in [5.74, 6) is 0.226. The summed E-state index contributed by atoms with van der Waals surface area (Å²) in [6.07, 6.45) is 1.75. The van der Waals surface area contributed by atoms with E-state index in [4.69, 9.17) is 0 Å². The number of rotatable bonds is 5. The normalized spacial score (nSPS) is 11.5. The van der Waals surface area contributed by atoms with E-state index in [1.165, 1.54) is 23.1 Å². The fraction of sp³-hybridized carbons (Fsp3) is 0.0952. The molecule has 0 amide bonds. The molecule has 0 unspecified atom stereocenters. The van der Waals surface area contributed by atoms with Gasteiger partial charge in [0, 0.05) is 45.5 Å². The Balaban J connectivity index is 1.46. The molecule has 29 heavy (non-hydrogen) atoms. The largest absolute Gasteiger partial charge is 0.360 e. The van der Waals surface area contributed by atoms with Crippen molar-refractivity contribution in [3.8, 4) is 10.4 Å². The van der Waals surface area contributed by atoms with Gasteiger partial charge in [-0.05, 0) is 17.5 Å². The zero-order chi connectivity index (χ0) is 20.0. The van der Waals surface area contributed by atoms with Gasteiger partial charge in [-0.25, -0.2) is 4.98 Å². The number of nitrogens with one attached hydrogen (secondary N) is 1. The Morgan fingerprint density at radius 2 is 2.07 bits per heavy atom. The molecule has 144 valence electrons. The van der Waals surface area contributed by atoms with Crippen LogP contribution in [0.15, 0.2) is 63.3 Å². The van der Waals surface area contributed by atoms with Gasteiger partial charge in [0.15, 0.2) is 10.9 Å². The predicted molar refractivity (Wildman–Crippen MR) is 122 cm³/mol. The Kier molecular flexibility index (Phi) is 4.61. The van der Waals surface area contributed by atoms with Crippen LogP contribution in [0.5, 0.6) is 0 Å². The Labute approximate surface area is 178 Å². The molecule has 4 heterocycles. The maximum atomic E-state index is 13.0. The highest BCUT2D eigenvalue weighted by molar-refractivity contribution is 7.99. The van der Waals surface area contributed by atoms with Gasteiger partial charge >= 0.3 is 0 Å². The molecule has 0 aliphatic carbocycles. The quantitative estimate of drug-likeness (QED) is 0.234. The maximum absolute atomic E-state index is 13.0. The van der Waals surface area contributed by atoms with Crippen molar-refractivity contribution in [1.29, 1.82) is 0 Å². The van der Waals surface area contributed by atoms with Gasteiger partial charge in [0.05, 0.1) is 11.1 Å². The third kappa shape index (κ3) is 3.13. The Hall–Kier alpha value is -2.68. The Morgan fingerprint density at radius 1 is 1.21 bits per heavy atom. The van der Waals surface area contributed by atoms with Crippen molar-refractivity contribution in [2.75, 3.05) is 5.75 Å². The summed E-state index contributed by atoms with van der Waals surface area (Å²) in [5.41, 5.74) is 2.45. The minimum Gasteiger partial charge on any atom is -0.360 e. The van der Waals surface area contributed by atoms with Gasteiger partial charge in [-0.15, -0.1) is 22.7 Å². The van der Waals surface area contributed by atoms with Gasteiger partial charge in [0.2, 0.25) is 0 Å². The lowest BCUT2D eigenvalue weighted by Crippen LogP contribution is -2.20. The van der Waals surface area contributed by atoms with E-state index in [1.807, 2.05) is 47.2 Å². The topological polar surface area (TPSA) is 67.8 Å². The summed E-state index contributed by atoms with van der Waals surface area (Å²) in [6.45, 7) is 0. The van der Waals surface area contributed by atoms with Gasteiger partial charge in [0.25, 0.3) is 5.56 Å². The van der Waals surface area contributed by atoms with Crippen LogP contribution in [0.1, 0.15) is 10.4 Å². The van der Waals surface area contributed by atoms with Gasteiger partial charge in [-0.3, -0.25) is 14.2 Å². The third-order valence-electron chi connectivity index (χ3n) is 4.78. The number of carbonyl (C=O) groups is 1. The van der Waals surface area contributed by atoms with E-state index in [2.05, 4.69) is 9.97 Å². The molecule has 8 heteroatoms. The number of Topliss-reactive ketones (excluding diaryl/α,β-unsaturated/α-hetero) is 1. The van der Waals surface area contributed by atoms with Crippen LogP contribution >= 0.6 is 34.4 Å². The second-order valence-corrected chi connectivity index (χ2v) is 9.27. The minimum atomic E-state index is -0.0818. The first-order chi connectivity index (χ1) is 14.1. The van der Waals surface area contributed by atoms with Crippen LogP contribution in [0.2, 0.25) is 0 Å². The number of aromatic amines is 1. The molecule has 0 spiro atoms. The molecule has 0 bridgehead atoms. The first kappa shape index (κ1) is 18.4. The summed E-state index contributed by atoms with van der Waals surface area (Å²) in [5, 5.41) is 6.09. The number of thioether (sulfide) groups is 1. The fourth-order valence-corrected chi connectivity index (χ4v) is 5.96. The average molecular weight is 438 g/mol. The summed E-state index contributed by atoms with van der Waals surface area (Å²) in [6, 6.07) is 11.7. The van der Waals surface area contributed by atoms with Crippen LogP contribution in [0.25, 0.3) is 31.6 Å². The molecule has 5 nitrogen and oxygen atoms in total. The van der Waals surface area contributed by atoms with Crippen LogP contribution in [0, 0.1) is 0 Å². The molecule has 5 rings (SSSR count). The van der Waals surface area contributed by atoms with Crippen molar-refractivity contribution < 1.29 is 4.79 Å². The number of ketones is 1. The number of benzene rings is 1. The highest BCUT2D eigenvalue weighted by Gasteiger charge is 2.18. The number of H-pyrrole nitrogens is 1. The molecule has 5 aromatic rings. The standard InChI is InChI=1S/C21H15N3O2S3/c1-24-20(26)18-14(17-7-4-8-27-17)10-28-19(18)23-21(24)29-11-16(25)13-9-22-15-6-3-2-5-12(13)15/h2-10,22H,11H2,1H3. The van der Waals surface area contributed by atoms with E-state index in [-0.39, 0.29) is 17.1 Å². The van der Waals surface area contributed by atoms with Gasteiger partial charge in [0.1, 0.15) is 4.83 Å². The highest BCUT2D eigenvalue weighted by Crippen LogP contribution is 2.34. The molecule has 0 aliphatic heterocycles. The molecular formula is C21H15N3O2S3. The average Bonchev–Trinajstić information content (AvgIpc) is 3.48. The monoisotopic (exact) mass is 437 g/mol. The Bertz CT molecular complexity index is 1410. The molecule has 0 atom stereocenters. The summed E-state index contributed by atoms with van der Waals surface area (Å²) < 4.78 is 1.54. The smallest absolute Gasteiger partial charge is 0.263 e. The minimum absolute atomic E-state index is 0.00671. The number of thiophene rings is 2. The SMILES string of the molecule is Cn1c(SCC(=O)c2c[nH]c3ccccc23)nc2scc(-c3cccs3)c2c1=O. The van der Waals surface area contributed by atoms with Gasteiger partial charge < -0.3 is 4.98 Å². The van der Waals surface area contributed by atoms with Crippen LogP contribution in [0.3, 0.4) is 0 Å². The second kappa shape index (κ2) is 7.29. The molecule has 0 aliphatic rings. The van der Waals surface area contributed by atoms with Crippen molar-refractivity contribution in [2.24, 2.45) is 7.05 Å². The van der Waals surface area contributed by atoms with E-state index < -0.39 is 0 Å². The van der Waals surface area contributed by atoms with Crippen molar-refractivity contribution in [1.82, 2.24) is 14.5 Å². The lowest BCUT2D eigenvalue weighted by molar-refractivity contribution is 0.102. The Morgan fingerprint density at radius 3 is 2.90 bits per heavy atom.